The van der Waals surface area contributed by atoms with E-state index in [1.165, 1.54) is 38.4 Å². The first-order valence-electron chi connectivity index (χ1n) is 17.8. The Bertz CT molecular complexity index is 2210. The number of nitrogens with one attached hydrogen (secondary N) is 3. The Morgan fingerprint density at radius 3 is 2.38 bits per heavy atom. The summed E-state index contributed by atoms with van der Waals surface area (Å²) in [6.07, 6.45) is 4.28. The molecule has 0 bridgehead atoms. The van der Waals surface area contributed by atoms with Crippen LogP contribution in [0.5, 0.6) is 5.75 Å². The second-order valence-electron chi connectivity index (χ2n) is 15.1. The van der Waals surface area contributed by atoms with Crippen molar-refractivity contribution in [1.29, 1.82) is 0 Å². The predicted octanol–water partition coefficient (Wildman–Crippen LogP) is 3.79. The Morgan fingerprint density at radius 2 is 1.80 bits per heavy atom. The van der Waals surface area contributed by atoms with Crippen LogP contribution >= 0.6 is 22.7 Å². The minimum Gasteiger partial charge on any atom is -0.497 e. The van der Waals surface area contributed by atoms with E-state index in [1.54, 1.807) is 30.1 Å². The number of aromatic nitrogens is 4. The molecule has 0 spiro atoms. The van der Waals surface area contributed by atoms with Crippen LogP contribution in [0.25, 0.3) is 22.0 Å². The first kappa shape index (κ1) is 38.3. The number of carbonyl (C=O) groups excluding carboxylic acids is 4. The number of hydrogen-bond donors (Lipinski definition) is 3. The van der Waals surface area contributed by atoms with Gasteiger partial charge in [-0.05, 0) is 60.4 Å². The maximum atomic E-state index is 14.7. The van der Waals surface area contributed by atoms with Crippen molar-refractivity contribution in [2.24, 2.45) is 11.3 Å². The summed E-state index contributed by atoms with van der Waals surface area (Å²) in [5.74, 6) is -2.30. The number of likely N-dealkylation sites (tertiary alicyclic amines) is 1. The van der Waals surface area contributed by atoms with E-state index < -0.39 is 73.9 Å². The lowest BCUT2D eigenvalue weighted by Crippen LogP contribution is -2.60. The number of rotatable bonds is 13. The van der Waals surface area contributed by atoms with Crippen molar-refractivity contribution in [3.63, 3.8) is 0 Å². The molecule has 1 aromatic carbocycles. The number of sulfonamides is 1. The fourth-order valence-electron chi connectivity index (χ4n) is 6.83. The number of thiazole rings is 1. The molecule has 3 fully saturated rings. The van der Waals surface area contributed by atoms with Gasteiger partial charge < -0.3 is 20.3 Å². The molecule has 5 atom stereocenters. The highest BCUT2D eigenvalue weighted by molar-refractivity contribution is 7.91. The molecular formula is C37H42N8O7S3. The number of amides is 4. The number of nitrogens with zero attached hydrogens (tertiary/aromatic N) is 5. The molecule has 4 heterocycles. The molecule has 3 aliphatic rings. The molecular weight excluding hydrogens is 765 g/mol. The van der Waals surface area contributed by atoms with Crippen LogP contribution in [0.15, 0.2) is 65.3 Å². The van der Waals surface area contributed by atoms with Crippen molar-refractivity contribution in [2.75, 3.05) is 13.7 Å². The third-order valence-corrected chi connectivity index (χ3v) is 13.5. The van der Waals surface area contributed by atoms with Crippen LogP contribution in [-0.4, -0.2) is 93.5 Å². The lowest BCUT2D eigenvalue weighted by molar-refractivity contribution is -0.142. The summed E-state index contributed by atoms with van der Waals surface area (Å²) in [7, 11) is -2.33. The molecule has 2 aliphatic carbocycles. The number of ether oxygens (including phenoxy) is 1. The Hall–Kier alpha value is -4.94. The molecule has 4 amide bonds. The van der Waals surface area contributed by atoms with E-state index in [1.807, 2.05) is 50.4 Å². The monoisotopic (exact) mass is 806 g/mol. The zero-order valence-corrected chi connectivity index (χ0v) is 33.2. The second kappa shape index (κ2) is 14.6. The predicted molar refractivity (Wildman–Crippen MR) is 207 cm³/mol. The minimum absolute atomic E-state index is 0.00793. The van der Waals surface area contributed by atoms with E-state index in [9.17, 15) is 27.6 Å². The van der Waals surface area contributed by atoms with Crippen molar-refractivity contribution < 1.29 is 32.3 Å². The summed E-state index contributed by atoms with van der Waals surface area (Å²) in [4.78, 5) is 63.5. The molecule has 18 heteroatoms. The van der Waals surface area contributed by atoms with Crippen LogP contribution in [0, 0.1) is 11.3 Å². The molecule has 0 radical (unpaired) electrons. The average molecular weight is 807 g/mol. The molecule has 3 N–H and O–H groups in total. The van der Waals surface area contributed by atoms with E-state index in [0.717, 1.165) is 5.56 Å². The van der Waals surface area contributed by atoms with Gasteiger partial charge in [-0.15, -0.1) is 23.0 Å². The molecule has 3 aromatic heterocycles. The lowest BCUT2D eigenvalue weighted by Gasteiger charge is -2.35. The largest absolute Gasteiger partial charge is 0.497 e. The molecule has 1 aliphatic heterocycles. The van der Waals surface area contributed by atoms with Gasteiger partial charge in [-0.25, -0.2) is 13.4 Å². The van der Waals surface area contributed by atoms with E-state index in [4.69, 9.17) is 14.9 Å². The first-order chi connectivity index (χ1) is 26.1. The highest BCUT2D eigenvalue weighted by Crippen LogP contribution is 2.46. The fraction of sp³-hybridized carbons (Fsp3) is 0.432. The summed E-state index contributed by atoms with van der Waals surface area (Å²) >= 11 is 2.74. The van der Waals surface area contributed by atoms with Crippen molar-refractivity contribution >= 4 is 56.3 Å². The third-order valence-electron chi connectivity index (χ3n) is 10.2. The molecule has 55 heavy (non-hydrogen) atoms. The Balaban J connectivity index is 1.23. The van der Waals surface area contributed by atoms with Gasteiger partial charge in [0.15, 0.2) is 0 Å². The maximum absolute atomic E-state index is 14.7. The van der Waals surface area contributed by atoms with E-state index in [0.29, 0.717) is 40.6 Å². The molecule has 7 rings (SSSR count). The van der Waals surface area contributed by atoms with E-state index in [-0.39, 0.29) is 19.4 Å². The van der Waals surface area contributed by atoms with Crippen molar-refractivity contribution in [1.82, 2.24) is 40.2 Å². The number of benzene rings is 1. The van der Waals surface area contributed by atoms with Crippen LogP contribution in [0.4, 0.5) is 0 Å². The fourth-order valence-corrected chi connectivity index (χ4v) is 9.45. The number of methoxy groups -OCH3 is 1. The Kier molecular flexibility index (Phi) is 10.2. The number of thiophene rings is 1. The Labute approximate surface area is 326 Å². The quantitative estimate of drug-likeness (QED) is 0.167. The standard InChI is InChI=1S/C37H42N8O7S3/c1-6-23-18-37(23,35(49)43-55(50,51)26-11-12-26)40-32(47)27-17-24(19-44(27)34(48)30(36(2,3)4)39-31(46)22-13-15-53-20-22)45-41-28(21-7-9-25(52-5)10-8-21)29(42-45)33-38-14-16-54-33/h6-10,13-16,20,23-24,26-27,30H,1,11-12,17-19H2,2-5H3,(H,39,46)(H,40,47)(H,43,49)/t23-,24-,27+,30+,37+/m1/s1. The van der Waals surface area contributed by atoms with Gasteiger partial charge in [0.05, 0.1) is 24.0 Å². The first-order valence-corrected chi connectivity index (χ1v) is 21.2. The highest BCUT2D eigenvalue weighted by Gasteiger charge is 2.62. The summed E-state index contributed by atoms with van der Waals surface area (Å²) in [6, 6.07) is 6.18. The Morgan fingerprint density at radius 1 is 1.07 bits per heavy atom. The zero-order chi connectivity index (χ0) is 39.3. The van der Waals surface area contributed by atoms with Crippen LogP contribution in [-0.2, 0) is 24.4 Å². The van der Waals surface area contributed by atoms with E-state index in [2.05, 4.69) is 26.9 Å². The van der Waals surface area contributed by atoms with Gasteiger partial charge in [0.25, 0.3) is 11.8 Å². The third kappa shape index (κ3) is 7.66. The zero-order valence-electron chi connectivity index (χ0n) is 30.7. The summed E-state index contributed by atoms with van der Waals surface area (Å²) < 4.78 is 33.0. The molecule has 4 aromatic rings. The molecule has 1 saturated heterocycles. The second-order valence-corrected chi connectivity index (χ2v) is 18.8. The SMILES string of the molecule is C=C[C@@H]1C[C@@]1(NC(=O)[C@@H]1C[C@@H](n2nc(-c3ccc(OC)cc3)c(-c3nccs3)n2)CN1C(=O)[C@H](NC(=O)c1ccsc1)C(C)(C)C)C(=O)NS(=O)(=O)C1CC1. The average Bonchev–Trinajstić information content (AvgIpc) is 3.72. The van der Waals surface area contributed by atoms with Crippen molar-refractivity contribution in [3.05, 3.63) is 70.9 Å². The molecule has 2 saturated carbocycles. The van der Waals surface area contributed by atoms with Crippen molar-refractivity contribution in [2.45, 2.75) is 75.4 Å². The molecule has 0 unspecified atom stereocenters. The summed E-state index contributed by atoms with van der Waals surface area (Å²) in [5, 5.41) is 20.7. The molecule has 15 nitrogen and oxygen atoms in total. The normalized spacial score (nSPS) is 22.8. The van der Waals surface area contributed by atoms with E-state index >= 15 is 0 Å². The van der Waals surface area contributed by atoms with Gasteiger partial charge in [0.1, 0.15) is 39.8 Å². The van der Waals surface area contributed by atoms with Crippen LogP contribution in [0.2, 0.25) is 0 Å². The van der Waals surface area contributed by atoms with Crippen molar-refractivity contribution in [3.8, 4) is 27.7 Å². The number of hydrogen-bond acceptors (Lipinski definition) is 12. The molecule has 290 valence electrons. The summed E-state index contributed by atoms with van der Waals surface area (Å²) in [6.45, 7) is 9.25. The topological polar surface area (TPSA) is 195 Å². The van der Waals surface area contributed by atoms with Gasteiger partial charge in [-0.1, -0.05) is 26.8 Å². The van der Waals surface area contributed by atoms with Crippen LogP contribution in [0.1, 0.15) is 62.9 Å². The highest BCUT2D eigenvalue weighted by atomic mass is 32.2. The summed E-state index contributed by atoms with van der Waals surface area (Å²) in [5.41, 5.74) is -0.138. The smallest absolute Gasteiger partial charge is 0.259 e. The van der Waals surface area contributed by atoms with Gasteiger partial charge in [0, 0.05) is 41.4 Å². The maximum Gasteiger partial charge on any atom is 0.259 e. The van der Waals surface area contributed by atoms with Gasteiger partial charge >= 0.3 is 0 Å². The van der Waals surface area contributed by atoms with Gasteiger partial charge in [-0.3, -0.25) is 23.9 Å². The van der Waals surface area contributed by atoms with Gasteiger partial charge in [0.2, 0.25) is 21.8 Å². The minimum atomic E-state index is -3.91. The lowest BCUT2D eigenvalue weighted by atomic mass is 9.85. The number of carbonyl (C=O) groups is 4. The van der Waals surface area contributed by atoms with Gasteiger partial charge in [-0.2, -0.15) is 21.2 Å². The van der Waals surface area contributed by atoms with Crippen LogP contribution < -0.4 is 20.1 Å². The van der Waals surface area contributed by atoms with Crippen LogP contribution in [0.3, 0.4) is 0 Å².